The number of hydrogen-bond acceptors (Lipinski definition) is 5. The summed E-state index contributed by atoms with van der Waals surface area (Å²) < 4.78 is 5.09. The van der Waals surface area contributed by atoms with E-state index in [0.29, 0.717) is 38.0 Å². The summed E-state index contributed by atoms with van der Waals surface area (Å²) in [6.07, 6.45) is 1.38. The molecule has 0 bridgehead atoms. The topological polar surface area (TPSA) is 87.2 Å². The van der Waals surface area contributed by atoms with E-state index in [1.54, 1.807) is 24.0 Å². The zero-order chi connectivity index (χ0) is 20.0. The van der Waals surface area contributed by atoms with Crippen molar-refractivity contribution in [2.45, 2.75) is 51.1 Å². The highest BCUT2D eigenvalue weighted by atomic mass is 16.5. The Kier molecular flexibility index (Phi) is 6.96. The summed E-state index contributed by atoms with van der Waals surface area (Å²) in [5.74, 6) is -1.49. The second-order valence-electron chi connectivity index (χ2n) is 6.74. The number of carboxylic acids is 1. The lowest BCUT2D eigenvalue weighted by Gasteiger charge is -2.47. The van der Waals surface area contributed by atoms with E-state index in [4.69, 9.17) is 4.74 Å². The SMILES string of the molecule is CCC(=O)N(c1ccccc1)C1(C(=O)OC)CCN(C(CC)C(=O)O)CC1. The van der Waals surface area contributed by atoms with Gasteiger partial charge in [-0.25, -0.2) is 4.79 Å². The molecule has 2 rings (SSSR count). The summed E-state index contributed by atoms with van der Waals surface area (Å²) >= 11 is 0. The predicted octanol–water partition coefficient (Wildman–Crippen LogP) is 2.30. The van der Waals surface area contributed by atoms with Gasteiger partial charge in [0.2, 0.25) is 5.91 Å². The van der Waals surface area contributed by atoms with E-state index >= 15 is 0 Å². The van der Waals surface area contributed by atoms with Gasteiger partial charge in [-0.2, -0.15) is 0 Å². The molecular formula is C20H28N2O5. The number of carboxylic acid groups (broad SMARTS) is 1. The van der Waals surface area contributed by atoms with E-state index < -0.39 is 23.5 Å². The van der Waals surface area contributed by atoms with Crippen LogP contribution >= 0.6 is 0 Å². The Morgan fingerprint density at radius 1 is 1.19 bits per heavy atom. The van der Waals surface area contributed by atoms with Crippen molar-refractivity contribution in [3.8, 4) is 0 Å². The molecule has 1 unspecified atom stereocenters. The number of benzene rings is 1. The van der Waals surface area contributed by atoms with Crippen molar-refractivity contribution < 1.29 is 24.2 Å². The van der Waals surface area contributed by atoms with Crippen LogP contribution in [0.25, 0.3) is 0 Å². The molecule has 27 heavy (non-hydrogen) atoms. The molecule has 1 saturated heterocycles. The van der Waals surface area contributed by atoms with Gasteiger partial charge >= 0.3 is 11.9 Å². The van der Waals surface area contributed by atoms with Crippen LogP contribution in [-0.4, -0.2) is 59.6 Å². The van der Waals surface area contributed by atoms with Crippen LogP contribution in [0.5, 0.6) is 0 Å². The molecule has 1 aliphatic rings. The quantitative estimate of drug-likeness (QED) is 0.735. The number of para-hydroxylation sites is 1. The third-order valence-corrected chi connectivity index (χ3v) is 5.30. The second kappa shape index (κ2) is 8.99. The van der Waals surface area contributed by atoms with Gasteiger partial charge in [0, 0.05) is 25.2 Å². The van der Waals surface area contributed by atoms with Gasteiger partial charge in [0.1, 0.15) is 11.6 Å². The molecule has 1 N–H and O–H groups in total. The van der Waals surface area contributed by atoms with Gasteiger partial charge in [0.15, 0.2) is 0 Å². The number of piperidine rings is 1. The van der Waals surface area contributed by atoms with Crippen LogP contribution in [0, 0.1) is 0 Å². The molecule has 0 radical (unpaired) electrons. The first kappa shape index (κ1) is 20.9. The van der Waals surface area contributed by atoms with Gasteiger partial charge < -0.3 is 9.84 Å². The molecule has 1 heterocycles. The molecule has 0 saturated carbocycles. The predicted molar refractivity (Wildman–Crippen MR) is 101 cm³/mol. The number of amides is 1. The molecule has 0 aromatic heterocycles. The number of anilines is 1. The minimum atomic E-state index is -1.13. The molecule has 1 atom stereocenters. The van der Waals surface area contributed by atoms with Crippen molar-refractivity contribution in [2.24, 2.45) is 0 Å². The van der Waals surface area contributed by atoms with Crippen LogP contribution in [0.15, 0.2) is 30.3 Å². The number of rotatable bonds is 7. The fourth-order valence-electron chi connectivity index (χ4n) is 3.87. The van der Waals surface area contributed by atoms with Gasteiger partial charge in [-0.05, 0) is 31.4 Å². The lowest BCUT2D eigenvalue weighted by Crippen LogP contribution is -2.64. The lowest BCUT2D eigenvalue weighted by molar-refractivity contribution is -0.152. The standard InChI is InChI=1S/C20H28N2O5/c1-4-16(18(24)25)21-13-11-20(12-14-21,19(26)27-3)22(17(23)5-2)15-9-7-6-8-10-15/h6-10,16H,4-5,11-14H2,1-3H3,(H,24,25). The monoisotopic (exact) mass is 376 g/mol. The van der Waals surface area contributed by atoms with Crippen molar-refractivity contribution in [3.05, 3.63) is 30.3 Å². The summed E-state index contributed by atoms with van der Waals surface area (Å²) in [4.78, 5) is 40.6. The molecule has 1 fully saturated rings. The minimum absolute atomic E-state index is 0.162. The van der Waals surface area contributed by atoms with Crippen molar-refractivity contribution in [1.29, 1.82) is 0 Å². The fraction of sp³-hybridized carbons (Fsp3) is 0.550. The van der Waals surface area contributed by atoms with Crippen molar-refractivity contribution >= 4 is 23.5 Å². The smallest absolute Gasteiger partial charge is 0.332 e. The molecular weight excluding hydrogens is 348 g/mol. The Balaban J connectivity index is 2.41. The van der Waals surface area contributed by atoms with E-state index in [1.165, 1.54) is 7.11 Å². The van der Waals surface area contributed by atoms with Crippen LogP contribution in [0.4, 0.5) is 5.69 Å². The number of methoxy groups -OCH3 is 1. The Morgan fingerprint density at radius 2 is 1.78 bits per heavy atom. The molecule has 1 aliphatic heterocycles. The minimum Gasteiger partial charge on any atom is -0.480 e. The molecule has 148 valence electrons. The fourth-order valence-corrected chi connectivity index (χ4v) is 3.87. The van der Waals surface area contributed by atoms with Crippen molar-refractivity contribution in [3.63, 3.8) is 0 Å². The van der Waals surface area contributed by atoms with Gasteiger partial charge in [0.05, 0.1) is 7.11 Å². The number of ether oxygens (including phenoxy) is 1. The lowest BCUT2D eigenvalue weighted by atomic mass is 9.83. The highest BCUT2D eigenvalue weighted by Gasteiger charge is 2.50. The number of esters is 1. The van der Waals surface area contributed by atoms with E-state index in [1.807, 2.05) is 30.0 Å². The second-order valence-corrected chi connectivity index (χ2v) is 6.74. The third-order valence-electron chi connectivity index (χ3n) is 5.30. The number of carbonyl (C=O) groups excluding carboxylic acids is 2. The van der Waals surface area contributed by atoms with Gasteiger partial charge in [-0.15, -0.1) is 0 Å². The van der Waals surface area contributed by atoms with Crippen LogP contribution in [0.3, 0.4) is 0 Å². The van der Waals surface area contributed by atoms with Crippen LogP contribution in [-0.2, 0) is 19.1 Å². The summed E-state index contributed by atoms with van der Waals surface area (Å²) in [7, 11) is 1.32. The Hall–Kier alpha value is -2.41. The van der Waals surface area contributed by atoms with Gasteiger partial charge in [0.25, 0.3) is 0 Å². The molecule has 1 aromatic rings. The Bertz CT molecular complexity index is 668. The van der Waals surface area contributed by atoms with Crippen molar-refractivity contribution in [2.75, 3.05) is 25.1 Å². The Labute approximate surface area is 159 Å². The zero-order valence-corrected chi connectivity index (χ0v) is 16.2. The number of aliphatic carboxylic acids is 1. The highest BCUT2D eigenvalue weighted by molar-refractivity contribution is 6.02. The maximum Gasteiger partial charge on any atom is 0.332 e. The van der Waals surface area contributed by atoms with Gasteiger partial charge in [-0.3, -0.25) is 19.4 Å². The zero-order valence-electron chi connectivity index (χ0n) is 16.2. The maximum atomic E-state index is 12.9. The van der Waals surface area contributed by atoms with Crippen LogP contribution in [0.2, 0.25) is 0 Å². The van der Waals surface area contributed by atoms with E-state index in [9.17, 15) is 19.5 Å². The molecule has 1 aromatic carbocycles. The number of nitrogens with zero attached hydrogens (tertiary/aromatic N) is 2. The number of likely N-dealkylation sites (tertiary alicyclic amines) is 1. The first-order valence-electron chi connectivity index (χ1n) is 9.34. The normalized spacial score (nSPS) is 17.7. The molecule has 1 amide bonds. The average molecular weight is 376 g/mol. The molecule has 0 aliphatic carbocycles. The van der Waals surface area contributed by atoms with Crippen LogP contribution < -0.4 is 4.90 Å². The number of carbonyl (C=O) groups is 3. The first-order valence-corrected chi connectivity index (χ1v) is 9.34. The Morgan fingerprint density at radius 3 is 2.22 bits per heavy atom. The maximum absolute atomic E-state index is 12.9. The third kappa shape index (κ3) is 4.13. The molecule has 7 heteroatoms. The van der Waals surface area contributed by atoms with E-state index in [-0.39, 0.29) is 12.3 Å². The first-order chi connectivity index (χ1) is 12.9. The number of hydrogen-bond donors (Lipinski definition) is 1. The van der Waals surface area contributed by atoms with Crippen LogP contribution in [0.1, 0.15) is 39.5 Å². The average Bonchev–Trinajstić information content (AvgIpc) is 2.69. The summed E-state index contributed by atoms with van der Waals surface area (Å²) in [6.45, 7) is 4.40. The highest BCUT2D eigenvalue weighted by Crippen LogP contribution is 2.36. The summed E-state index contributed by atoms with van der Waals surface area (Å²) in [5, 5.41) is 9.43. The van der Waals surface area contributed by atoms with Gasteiger partial charge in [-0.1, -0.05) is 32.0 Å². The summed E-state index contributed by atoms with van der Waals surface area (Å²) in [6, 6.07) is 8.51. The molecule has 0 spiro atoms. The van der Waals surface area contributed by atoms with Crippen molar-refractivity contribution in [1.82, 2.24) is 4.90 Å². The summed E-state index contributed by atoms with van der Waals surface area (Å²) in [5.41, 5.74) is -0.482. The van der Waals surface area contributed by atoms with E-state index in [2.05, 4.69) is 0 Å². The largest absolute Gasteiger partial charge is 0.480 e. The molecule has 7 nitrogen and oxygen atoms in total. The van der Waals surface area contributed by atoms with E-state index in [0.717, 1.165) is 0 Å².